The van der Waals surface area contributed by atoms with Gasteiger partial charge in [0.25, 0.3) is 0 Å². The zero-order valence-corrected chi connectivity index (χ0v) is 17.7. The van der Waals surface area contributed by atoms with E-state index in [9.17, 15) is 9.59 Å². The summed E-state index contributed by atoms with van der Waals surface area (Å²) in [6.45, 7) is 2.26. The van der Waals surface area contributed by atoms with E-state index in [1.165, 1.54) is 0 Å². The molecule has 0 spiro atoms. The predicted molar refractivity (Wildman–Crippen MR) is 115 cm³/mol. The highest BCUT2D eigenvalue weighted by Gasteiger charge is 2.44. The van der Waals surface area contributed by atoms with Crippen molar-refractivity contribution in [2.75, 3.05) is 7.11 Å². The van der Waals surface area contributed by atoms with Gasteiger partial charge in [0.1, 0.15) is 12.4 Å². The molecule has 0 saturated carbocycles. The largest absolute Gasteiger partial charge is 0.496 e. The number of hydrogen-bond acceptors (Lipinski definition) is 4. The molecule has 2 atom stereocenters. The molecule has 0 aliphatic carbocycles. The highest BCUT2D eigenvalue weighted by Crippen LogP contribution is 2.39. The molecule has 30 heavy (non-hydrogen) atoms. The summed E-state index contributed by atoms with van der Waals surface area (Å²) < 4.78 is 11.1. The number of nitrogens with zero attached hydrogens (tertiary/aromatic N) is 1. The number of aryl methyl sites for hydroxylation is 1. The molecule has 2 fully saturated rings. The van der Waals surface area contributed by atoms with Crippen molar-refractivity contribution in [3.05, 3.63) is 65.2 Å². The number of hydrogen-bond donors (Lipinski definition) is 0. The average Bonchev–Trinajstić information content (AvgIpc) is 2.76. The fraction of sp³-hybridized carbons (Fsp3) is 0.440. The van der Waals surface area contributed by atoms with Crippen LogP contribution in [0, 0.1) is 12.8 Å². The predicted octanol–water partition coefficient (Wildman–Crippen LogP) is 5.16. The van der Waals surface area contributed by atoms with Crippen LogP contribution in [-0.2, 0) is 11.3 Å². The van der Waals surface area contributed by atoms with Crippen molar-refractivity contribution < 1.29 is 19.1 Å². The fourth-order valence-electron chi connectivity index (χ4n) is 4.91. The molecule has 4 rings (SSSR count). The van der Waals surface area contributed by atoms with Crippen LogP contribution in [0.2, 0.25) is 0 Å². The van der Waals surface area contributed by atoms with Gasteiger partial charge in [-0.05, 0) is 62.3 Å². The van der Waals surface area contributed by atoms with E-state index in [1.807, 2.05) is 60.4 Å². The van der Waals surface area contributed by atoms with Crippen LogP contribution in [-0.4, -0.2) is 36.0 Å². The molecule has 2 unspecified atom stereocenters. The van der Waals surface area contributed by atoms with Crippen LogP contribution in [0.3, 0.4) is 0 Å². The van der Waals surface area contributed by atoms with E-state index in [1.54, 1.807) is 7.11 Å². The van der Waals surface area contributed by atoms with E-state index < -0.39 is 0 Å². The zero-order valence-electron chi connectivity index (χ0n) is 17.7. The van der Waals surface area contributed by atoms with Crippen molar-refractivity contribution >= 4 is 11.9 Å². The van der Waals surface area contributed by atoms with Gasteiger partial charge in [-0.2, -0.15) is 0 Å². The zero-order chi connectivity index (χ0) is 21.1. The molecule has 2 aliphatic rings. The molecule has 0 radical (unpaired) electrons. The molecule has 0 aromatic heterocycles. The maximum atomic E-state index is 13.3. The Balaban J connectivity index is 1.45. The Morgan fingerprint density at radius 1 is 1.03 bits per heavy atom. The van der Waals surface area contributed by atoms with Crippen LogP contribution in [0.4, 0.5) is 4.79 Å². The first kappa shape index (κ1) is 20.5. The third-order valence-corrected chi connectivity index (χ3v) is 6.38. The van der Waals surface area contributed by atoms with Gasteiger partial charge in [-0.1, -0.05) is 36.4 Å². The van der Waals surface area contributed by atoms with E-state index in [0.29, 0.717) is 24.2 Å². The minimum Gasteiger partial charge on any atom is -0.496 e. The van der Waals surface area contributed by atoms with Gasteiger partial charge in [0.15, 0.2) is 5.78 Å². The van der Waals surface area contributed by atoms with Gasteiger partial charge in [-0.3, -0.25) is 4.79 Å². The first-order chi connectivity index (χ1) is 14.6. The van der Waals surface area contributed by atoms with Crippen LogP contribution >= 0.6 is 0 Å². The number of amides is 1. The van der Waals surface area contributed by atoms with Crippen LogP contribution in [0.5, 0.6) is 5.75 Å². The number of ketones is 1. The van der Waals surface area contributed by atoms with Crippen molar-refractivity contribution in [1.82, 2.24) is 4.90 Å². The summed E-state index contributed by atoms with van der Waals surface area (Å²) in [5, 5.41) is 0. The Labute approximate surface area is 178 Å². The van der Waals surface area contributed by atoms with E-state index in [4.69, 9.17) is 9.47 Å². The quantitative estimate of drug-likeness (QED) is 0.643. The SMILES string of the molecule is COc1cc(C)ccc1C(=O)C1CC2CCCC(C1)N2C(=O)OCc1ccccc1. The molecule has 2 bridgehead atoms. The molecule has 2 aromatic carbocycles. The molecule has 158 valence electrons. The molecule has 0 N–H and O–H groups in total. The number of benzene rings is 2. The number of carbonyl (C=O) groups excluding carboxylic acids is 2. The van der Waals surface area contributed by atoms with Crippen LogP contribution < -0.4 is 4.74 Å². The first-order valence-corrected chi connectivity index (χ1v) is 10.7. The number of piperidine rings is 2. The van der Waals surface area contributed by atoms with Crippen molar-refractivity contribution in [1.29, 1.82) is 0 Å². The first-order valence-electron chi connectivity index (χ1n) is 10.7. The average molecular weight is 408 g/mol. The maximum Gasteiger partial charge on any atom is 0.410 e. The fourth-order valence-corrected chi connectivity index (χ4v) is 4.91. The number of ether oxygens (including phenoxy) is 2. The van der Waals surface area contributed by atoms with Crippen molar-refractivity contribution in [2.45, 2.75) is 57.7 Å². The molecule has 2 aliphatic heterocycles. The van der Waals surface area contributed by atoms with E-state index in [0.717, 1.165) is 30.4 Å². The van der Waals surface area contributed by atoms with Gasteiger partial charge in [0.2, 0.25) is 0 Å². The second-order valence-electron chi connectivity index (χ2n) is 8.42. The Kier molecular flexibility index (Phi) is 6.07. The lowest BCUT2D eigenvalue weighted by Gasteiger charge is -2.47. The molecule has 5 nitrogen and oxygen atoms in total. The van der Waals surface area contributed by atoms with Gasteiger partial charge in [0, 0.05) is 18.0 Å². The molecule has 2 saturated heterocycles. The minimum absolute atomic E-state index is 0.0613. The smallest absolute Gasteiger partial charge is 0.410 e. The summed E-state index contributed by atoms with van der Waals surface area (Å²) in [5.41, 5.74) is 2.69. The van der Waals surface area contributed by atoms with Gasteiger partial charge >= 0.3 is 6.09 Å². The third-order valence-electron chi connectivity index (χ3n) is 6.38. The number of fused-ring (bicyclic) bond motifs is 2. The summed E-state index contributed by atoms with van der Waals surface area (Å²) in [6, 6.07) is 15.6. The molecule has 5 heteroatoms. The van der Waals surface area contributed by atoms with Crippen LogP contribution in [0.15, 0.2) is 48.5 Å². The lowest BCUT2D eigenvalue weighted by atomic mass is 9.75. The third kappa shape index (κ3) is 4.20. The van der Waals surface area contributed by atoms with E-state index >= 15 is 0 Å². The normalized spacial score (nSPS) is 23.0. The van der Waals surface area contributed by atoms with Crippen molar-refractivity contribution in [3.63, 3.8) is 0 Å². The Hall–Kier alpha value is -2.82. The summed E-state index contributed by atoms with van der Waals surface area (Å²) in [4.78, 5) is 28.1. The number of rotatable bonds is 5. The van der Waals surface area contributed by atoms with Crippen LogP contribution in [0.25, 0.3) is 0 Å². The van der Waals surface area contributed by atoms with Gasteiger partial charge in [-0.25, -0.2) is 4.79 Å². The number of Topliss-reactive ketones (excluding diaryl/α,β-unsaturated/α-hetero) is 1. The summed E-state index contributed by atoms with van der Waals surface area (Å²) >= 11 is 0. The van der Waals surface area contributed by atoms with Gasteiger partial charge in [-0.15, -0.1) is 0 Å². The molecular weight excluding hydrogens is 378 g/mol. The van der Waals surface area contributed by atoms with Gasteiger partial charge < -0.3 is 14.4 Å². The second kappa shape index (κ2) is 8.90. The molecule has 2 heterocycles. The molecular formula is C25H29NO4. The van der Waals surface area contributed by atoms with Crippen molar-refractivity contribution in [3.8, 4) is 5.75 Å². The molecule has 1 amide bonds. The highest BCUT2D eigenvalue weighted by atomic mass is 16.6. The summed E-state index contributed by atoms with van der Waals surface area (Å²) in [5.74, 6) is 0.672. The Bertz CT molecular complexity index is 897. The number of carbonyl (C=O) groups is 2. The highest BCUT2D eigenvalue weighted by molar-refractivity contribution is 6.00. The standard InChI is InChI=1S/C25H29NO4/c1-17-11-12-22(23(13-17)29-2)24(27)19-14-20-9-6-10-21(15-19)26(20)25(28)30-16-18-7-4-3-5-8-18/h3-5,7-8,11-13,19-21H,6,9-10,14-16H2,1-2H3. The minimum atomic E-state index is -0.257. The van der Waals surface area contributed by atoms with Gasteiger partial charge in [0.05, 0.1) is 12.7 Å². The lowest BCUT2D eigenvalue weighted by Crippen LogP contribution is -2.55. The summed E-state index contributed by atoms with van der Waals surface area (Å²) in [7, 11) is 1.60. The van der Waals surface area contributed by atoms with E-state index in [2.05, 4.69) is 0 Å². The summed E-state index contributed by atoms with van der Waals surface area (Å²) in [6.07, 6.45) is 4.05. The number of methoxy groups -OCH3 is 1. The maximum absolute atomic E-state index is 13.3. The lowest BCUT2D eigenvalue weighted by molar-refractivity contribution is 0.00467. The molecule has 2 aromatic rings. The van der Waals surface area contributed by atoms with E-state index in [-0.39, 0.29) is 36.5 Å². The Morgan fingerprint density at radius 2 is 1.73 bits per heavy atom. The Morgan fingerprint density at radius 3 is 2.40 bits per heavy atom. The van der Waals surface area contributed by atoms with Crippen LogP contribution in [0.1, 0.15) is 53.6 Å². The van der Waals surface area contributed by atoms with Crippen molar-refractivity contribution in [2.24, 2.45) is 5.92 Å². The second-order valence-corrected chi connectivity index (χ2v) is 8.42. The monoisotopic (exact) mass is 407 g/mol. The topological polar surface area (TPSA) is 55.8 Å².